The second kappa shape index (κ2) is 9.64. The van der Waals surface area contributed by atoms with Gasteiger partial charge in [0, 0.05) is 12.1 Å². The Morgan fingerprint density at radius 2 is 1.90 bits per heavy atom. The number of esters is 2. The Morgan fingerprint density at radius 3 is 2.57 bits per heavy atom. The van der Waals surface area contributed by atoms with Crippen molar-refractivity contribution in [2.75, 3.05) is 20.3 Å². The molecule has 1 aromatic carbocycles. The van der Waals surface area contributed by atoms with Crippen LogP contribution in [0.3, 0.4) is 0 Å². The molecule has 0 aliphatic carbocycles. The molecule has 2 heterocycles. The topological polar surface area (TPSA) is 105 Å². The molecule has 0 saturated carbocycles. The van der Waals surface area contributed by atoms with Gasteiger partial charge in [-0.3, -0.25) is 4.79 Å². The van der Waals surface area contributed by atoms with E-state index in [-0.39, 0.29) is 37.6 Å². The Hall–Kier alpha value is -3.04. The van der Waals surface area contributed by atoms with E-state index in [4.69, 9.17) is 25.8 Å². The summed E-state index contributed by atoms with van der Waals surface area (Å²) >= 11 is 6.16. The average molecular weight is 433 g/mol. The van der Waals surface area contributed by atoms with Gasteiger partial charge in [0.05, 0.1) is 43.2 Å². The highest BCUT2D eigenvalue weighted by Crippen LogP contribution is 2.30. The number of carbonyl (C=O) groups excluding carboxylic acids is 2. The molecule has 9 nitrogen and oxygen atoms in total. The molecule has 0 N–H and O–H groups in total. The summed E-state index contributed by atoms with van der Waals surface area (Å²) in [6.45, 7) is 3.91. The van der Waals surface area contributed by atoms with Crippen LogP contribution >= 0.6 is 11.6 Å². The monoisotopic (exact) mass is 432 g/mol. The molecular weight excluding hydrogens is 412 g/mol. The van der Waals surface area contributed by atoms with Gasteiger partial charge in [-0.2, -0.15) is 5.10 Å². The number of carbonyl (C=O) groups is 2. The van der Waals surface area contributed by atoms with E-state index in [1.165, 1.54) is 4.52 Å². The zero-order chi connectivity index (χ0) is 21.7. The molecule has 0 aliphatic heterocycles. The Kier molecular flexibility index (Phi) is 6.96. The van der Waals surface area contributed by atoms with Gasteiger partial charge in [-0.1, -0.05) is 23.7 Å². The van der Waals surface area contributed by atoms with Gasteiger partial charge in [-0.05, 0) is 31.5 Å². The fourth-order valence-electron chi connectivity index (χ4n) is 3.03. The lowest BCUT2D eigenvalue weighted by Gasteiger charge is -2.09. The Labute approximate surface area is 177 Å². The van der Waals surface area contributed by atoms with Crippen molar-refractivity contribution in [3.05, 3.63) is 46.4 Å². The van der Waals surface area contributed by atoms with E-state index in [2.05, 4.69) is 15.3 Å². The Bertz CT molecular complexity index is 1080. The standard InChI is InChI=1S/C20H21ClN4O5/c1-4-29-16(26)10-15-18(20(27)30-5-2)22-23-19-17(12-7-6-8-13(21)9-12)14(11-28-3)24-25(15)19/h6-9H,4-5,10-11H2,1-3H3. The lowest BCUT2D eigenvalue weighted by molar-refractivity contribution is -0.142. The van der Waals surface area contributed by atoms with E-state index in [9.17, 15) is 9.59 Å². The van der Waals surface area contributed by atoms with Gasteiger partial charge in [0.1, 0.15) is 0 Å². The highest BCUT2D eigenvalue weighted by Gasteiger charge is 2.26. The van der Waals surface area contributed by atoms with Gasteiger partial charge in [-0.25, -0.2) is 9.31 Å². The van der Waals surface area contributed by atoms with Gasteiger partial charge in [-0.15, -0.1) is 10.2 Å². The van der Waals surface area contributed by atoms with E-state index in [1.54, 1.807) is 39.2 Å². The van der Waals surface area contributed by atoms with Crippen LogP contribution in [0.4, 0.5) is 0 Å². The molecule has 3 rings (SSSR count). The van der Waals surface area contributed by atoms with E-state index >= 15 is 0 Å². The number of halogens is 1. The lowest BCUT2D eigenvalue weighted by Crippen LogP contribution is -2.20. The van der Waals surface area contributed by atoms with Crippen molar-refractivity contribution in [2.45, 2.75) is 26.9 Å². The van der Waals surface area contributed by atoms with Crippen molar-refractivity contribution in [2.24, 2.45) is 0 Å². The van der Waals surface area contributed by atoms with E-state index in [1.807, 2.05) is 6.07 Å². The third-order valence-electron chi connectivity index (χ3n) is 4.19. The molecule has 0 atom stereocenters. The van der Waals surface area contributed by atoms with E-state index in [0.717, 1.165) is 5.56 Å². The fraction of sp³-hybridized carbons (Fsp3) is 0.350. The predicted molar refractivity (Wildman–Crippen MR) is 108 cm³/mol. The van der Waals surface area contributed by atoms with Crippen molar-refractivity contribution in [1.82, 2.24) is 19.8 Å². The molecule has 2 aromatic heterocycles. The quantitative estimate of drug-likeness (QED) is 0.500. The third-order valence-corrected chi connectivity index (χ3v) is 4.42. The molecule has 3 aromatic rings. The SMILES string of the molecule is CCOC(=O)Cc1c(C(=O)OCC)nnc2c(-c3cccc(Cl)c3)c(COC)nn12. The summed E-state index contributed by atoms with van der Waals surface area (Å²) in [5.41, 5.74) is 2.44. The summed E-state index contributed by atoms with van der Waals surface area (Å²) in [6, 6.07) is 7.18. The van der Waals surface area contributed by atoms with Crippen molar-refractivity contribution in [1.29, 1.82) is 0 Å². The van der Waals surface area contributed by atoms with Gasteiger partial charge >= 0.3 is 11.9 Å². The smallest absolute Gasteiger partial charge is 0.360 e. The number of aromatic nitrogens is 4. The highest BCUT2D eigenvalue weighted by molar-refractivity contribution is 6.30. The predicted octanol–water partition coefficient (Wildman–Crippen LogP) is 2.87. The number of hydrogen-bond donors (Lipinski definition) is 0. The summed E-state index contributed by atoms with van der Waals surface area (Å²) in [5.74, 6) is -1.22. The fourth-order valence-corrected chi connectivity index (χ4v) is 3.22. The molecule has 0 radical (unpaired) electrons. The summed E-state index contributed by atoms with van der Waals surface area (Å²) < 4.78 is 16.8. The first-order valence-corrected chi connectivity index (χ1v) is 9.72. The third kappa shape index (κ3) is 4.42. The second-order valence-electron chi connectivity index (χ2n) is 6.20. The largest absolute Gasteiger partial charge is 0.466 e. The van der Waals surface area contributed by atoms with Gasteiger partial charge in [0.25, 0.3) is 0 Å². The van der Waals surface area contributed by atoms with Crippen LogP contribution in [0, 0.1) is 0 Å². The summed E-state index contributed by atoms with van der Waals surface area (Å²) in [7, 11) is 1.54. The van der Waals surface area contributed by atoms with Crippen molar-refractivity contribution >= 4 is 29.2 Å². The number of hydrogen-bond acceptors (Lipinski definition) is 8. The minimum atomic E-state index is -0.695. The first kappa shape index (κ1) is 21.7. The molecule has 0 aliphatic rings. The number of fused-ring (bicyclic) bond motifs is 1. The number of methoxy groups -OCH3 is 1. The Morgan fingerprint density at radius 1 is 1.13 bits per heavy atom. The van der Waals surface area contributed by atoms with E-state index in [0.29, 0.717) is 21.9 Å². The molecule has 158 valence electrons. The van der Waals surface area contributed by atoms with Crippen LogP contribution in [0.1, 0.15) is 35.7 Å². The maximum absolute atomic E-state index is 12.4. The minimum Gasteiger partial charge on any atom is -0.466 e. The van der Waals surface area contributed by atoms with Gasteiger partial charge in [0.15, 0.2) is 11.3 Å². The second-order valence-corrected chi connectivity index (χ2v) is 6.63. The van der Waals surface area contributed by atoms with Crippen LogP contribution in [0.15, 0.2) is 24.3 Å². The summed E-state index contributed by atoms with van der Waals surface area (Å²) in [4.78, 5) is 24.6. The van der Waals surface area contributed by atoms with Crippen molar-refractivity contribution < 1.29 is 23.8 Å². The molecule has 0 unspecified atom stereocenters. The molecule has 0 bridgehead atoms. The number of ether oxygens (including phenoxy) is 3. The Balaban J connectivity index is 2.27. The number of rotatable bonds is 8. The molecular formula is C20H21ClN4O5. The van der Waals surface area contributed by atoms with Crippen LogP contribution in [0.2, 0.25) is 5.02 Å². The lowest BCUT2D eigenvalue weighted by atomic mass is 10.1. The molecule has 0 amide bonds. The minimum absolute atomic E-state index is 0.0958. The zero-order valence-corrected chi connectivity index (χ0v) is 17.6. The highest BCUT2D eigenvalue weighted by atomic mass is 35.5. The van der Waals surface area contributed by atoms with Crippen LogP contribution in [-0.2, 0) is 32.0 Å². The molecule has 10 heteroatoms. The number of nitrogens with zero attached hydrogens (tertiary/aromatic N) is 4. The first-order valence-electron chi connectivity index (χ1n) is 9.34. The number of benzene rings is 1. The summed E-state index contributed by atoms with van der Waals surface area (Å²) in [6.07, 6.45) is -0.225. The first-order chi connectivity index (χ1) is 14.5. The maximum Gasteiger partial charge on any atom is 0.360 e. The molecule has 0 fully saturated rings. The van der Waals surface area contributed by atoms with E-state index < -0.39 is 11.9 Å². The molecule has 30 heavy (non-hydrogen) atoms. The normalized spacial score (nSPS) is 10.9. The van der Waals surface area contributed by atoms with Crippen molar-refractivity contribution in [3.8, 4) is 11.1 Å². The van der Waals surface area contributed by atoms with Crippen LogP contribution in [0.5, 0.6) is 0 Å². The van der Waals surface area contributed by atoms with Gasteiger partial charge in [0.2, 0.25) is 0 Å². The molecule has 0 saturated heterocycles. The van der Waals surface area contributed by atoms with Crippen LogP contribution in [-0.4, -0.2) is 52.1 Å². The maximum atomic E-state index is 12.4. The zero-order valence-electron chi connectivity index (χ0n) is 16.8. The van der Waals surface area contributed by atoms with Crippen LogP contribution in [0.25, 0.3) is 16.8 Å². The molecule has 0 spiro atoms. The van der Waals surface area contributed by atoms with Crippen molar-refractivity contribution in [3.63, 3.8) is 0 Å². The van der Waals surface area contributed by atoms with Gasteiger partial charge < -0.3 is 14.2 Å². The average Bonchev–Trinajstić information content (AvgIpc) is 3.07. The van der Waals surface area contributed by atoms with Crippen LogP contribution < -0.4 is 0 Å². The summed E-state index contributed by atoms with van der Waals surface area (Å²) in [5, 5.41) is 13.4.